The summed E-state index contributed by atoms with van der Waals surface area (Å²) in [5, 5.41) is 4.04. The quantitative estimate of drug-likeness (QED) is 0.936. The third-order valence-corrected chi connectivity index (χ3v) is 4.12. The molecule has 2 aromatic rings. The number of rotatable bonds is 3. The second-order valence-corrected chi connectivity index (χ2v) is 5.65. The van der Waals surface area contributed by atoms with Crippen molar-refractivity contribution in [2.45, 2.75) is 12.8 Å². The van der Waals surface area contributed by atoms with Gasteiger partial charge in [0.2, 0.25) is 5.91 Å². The number of hydrogen-bond donors (Lipinski definition) is 1. The number of amides is 1. The van der Waals surface area contributed by atoms with Crippen LogP contribution in [-0.2, 0) is 4.79 Å². The zero-order chi connectivity index (χ0) is 13.9. The van der Waals surface area contributed by atoms with E-state index in [4.69, 9.17) is 0 Å². The maximum atomic E-state index is 12.0. The summed E-state index contributed by atoms with van der Waals surface area (Å²) in [6.45, 7) is 2.02. The van der Waals surface area contributed by atoms with Crippen molar-refractivity contribution in [3.8, 4) is 0 Å². The number of fused-ring (bicyclic) bond motifs is 1. The molecule has 1 aromatic heterocycles. The molecule has 1 aliphatic rings. The molecule has 0 radical (unpaired) electrons. The second kappa shape index (κ2) is 5.75. The Kier molecular flexibility index (Phi) is 3.82. The van der Waals surface area contributed by atoms with Crippen LogP contribution in [0.5, 0.6) is 0 Å². The number of aromatic nitrogens is 2. The van der Waals surface area contributed by atoms with E-state index in [0.717, 1.165) is 41.3 Å². The summed E-state index contributed by atoms with van der Waals surface area (Å²) in [4.78, 5) is 22.4. The molecule has 0 aliphatic carbocycles. The molecule has 104 valence electrons. The molecule has 6 heteroatoms. The molecular formula is C14H15BrN4O. The van der Waals surface area contributed by atoms with Crippen LogP contribution in [-0.4, -0.2) is 40.4 Å². The number of carbonyl (C=O) groups is 1. The molecule has 2 heterocycles. The summed E-state index contributed by atoms with van der Waals surface area (Å²) in [5.74, 6) is 0.827. The van der Waals surface area contributed by atoms with E-state index in [9.17, 15) is 4.79 Å². The molecule has 0 bridgehead atoms. The molecular weight excluding hydrogens is 320 g/mol. The number of para-hydroxylation sites is 1. The van der Waals surface area contributed by atoms with Crippen LogP contribution in [0.2, 0.25) is 0 Å². The Labute approximate surface area is 125 Å². The lowest BCUT2D eigenvalue weighted by Crippen LogP contribution is -2.33. The Morgan fingerprint density at radius 1 is 1.30 bits per heavy atom. The van der Waals surface area contributed by atoms with Crippen LogP contribution in [0.15, 0.2) is 29.0 Å². The number of likely N-dealkylation sites (tertiary alicyclic amines) is 1. The van der Waals surface area contributed by atoms with E-state index < -0.39 is 0 Å². The summed E-state index contributed by atoms with van der Waals surface area (Å²) >= 11 is 3.47. The Bertz CT molecular complexity index is 640. The largest absolute Gasteiger partial charge is 0.360 e. The fourth-order valence-corrected chi connectivity index (χ4v) is 2.90. The highest BCUT2D eigenvalue weighted by Crippen LogP contribution is 2.25. The van der Waals surface area contributed by atoms with E-state index in [0.29, 0.717) is 5.82 Å². The van der Waals surface area contributed by atoms with E-state index >= 15 is 0 Å². The van der Waals surface area contributed by atoms with E-state index in [-0.39, 0.29) is 12.5 Å². The van der Waals surface area contributed by atoms with Crippen molar-refractivity contribution in [1.29, 1.82) is 0 Å². The van der Waals surface area contributed by atoms with Crippen LogP contribution in [0.1, 0.15) is 12.8 Å². The number of benzene rings is 1. The first kappa shape index (κ1) is 13.3. The topological polar surface area (TPSA) is 58.1 Å². The Hall–Kier alpha value is -1.69. The van der Waals surface area contributed by atoms with Gasteiger partial charge in [-0.05, 0) is 40.9 Å². The normalized spacial score (nSPS) is 14.8. The third kappa shape index (κ3) is 2.60. The van der Waals surface area contributed by atoms with Gasteiger partial charge in [0, 0.05) is 22.9 Å². The van der Waals surface area contributed by atoms with Crippen LogP contribution in [0.3, 0.4) is 0 Å². The monoisotopic (exact) mass is 334 g/mol. The maximum absolute atomic E-state index is 12.0. The van der Waals surface area contributed by atoms with Gasteiger partial charge in [0.05, 0.1) is 12.1 Å². The number of carbonyl (C=O) groups excluding carboxylic acids is 1. The zero-order valence-electron chi connectivity index (χ0n) is 11.0. The maximum Gasteiger partial charge on any atom is 0.241 e. The SMILES string of the molecule is O=C(CNc1ncnc2c(Br)cccc12)N1CCCC1. The summed E-state index contributed by atoms with van der Waals surface area (Å²) in [5.41, 5.74) is 0.846. The molecule has 0 atom stereocenters. The van der Waals surface area contributed by atoms with Crippen LogP contribution < -0.4 is 5.32 Å². The lowest BCUT2D eigenvalue weighted by molar-refractivity contribution is -0.128. The van der Waals surface area contributed by atoms with Crippen LogP contribution in [0.4, 0.5) is 5.82 Å². The van der Waals surface area contributed by atoms with Gasteiger partial charge in [-0.25, -0.2) is 9.97 Å². The van der Waals surface area contributed by atoms with Crippen LogP contribution >= 0.6 is 15.9 Å². The highest BCUT2D eigenvalue weighted by Gasteiger charge is 2.17. The molecule has 1 aliphatic heterocycles. The number of nitrogens with zero attached hydrogens (tertiary/aromatic N) is 3. The van der Waals surface area contributed by atoms with Gasteiger partial charge in [-0.3, -0.25) is 4.79 Å². The standard InChI is InChI=1S/C14H15BrN4O/c15-11-5-3-4-10-13(11)17-9-18-14(10)16-8-12(20)19-6-1-2-7-19/h3-5,9H,1-2,6-8H2,(H,16,17,18). The molecule has 1 amide bonds. The van der Waals surface area contributed by atoms with E-state index in [2.05, 4.69) is 31.2 Å². The third-order valence-electron chi connectivity index (χ3n) is 3.48. The fraction of sp³-hybridized carbons (Fsp3) is 0.357. The molecule has 1 fully saturated rings. The minimum absolute atomic E-state index is 0.129. The number of nitrogens with one attached hydrogen (secondary N) is 1. The van der Waals surface area contributed by atoms with Gasteiger partial charge >= 0.3 is 0 Å². The average molecular weight is 335 g/mol. The van der Waals surface area contributed by atoms with Gasteiger partial charge in [-0.1, -0.05) is 6.07 Å². The molecule has 0 saturated carbocycles. The van der Waals surface area contributed by atoms with Crippen LogP contribution in [0, 0.1) is 0 Å². The van der Waals surface area contributed by atoms with Crippen molar-refractivity contribution in [2.75, 3.05) is 25.0 Å². The van der Waals surface area contributed by atoms with Gasteiger partial charge in [-0.15, -0.1) is 0 Å². The van der Waals surface area contributed by atoms with Crippen molar-refractivity contribution < 1.29 is 4.79 Å². The lowest BCUT2D eigenvalue weighted by atomic mass is 10.2. The number of hydrogen-bond acceptors (Lipinski definition) is 4. The van der Waals surface area contributed by atoms with E-state index in [1.54, 1.807) is 0 Å². The first-order valence-corrected chi connectivity index (χ1v) is 7.46. The summed E-state index contributed by atoms with van der Waals surface area (Å²) in [7, 11) is 0. The number of anilines is 1. The second-order valence-electron chi connectivity index (χ2n) is 4.80. The highest BCUT2D eigenvalue weighted by molar-refractivity contribution is 9.10. The molecule has 1 N–H and O–H groups in total. The van der Waals surface area contributed by atoms with Gasteiger partial charge in [0.15, 0.2) is 0 Å². The smallest absolute Gasteiger partial charge is 0.241 e. The number of halogens is 1. The van der Waals surface area contributed by atoms with Crippen molar-refractivity contribution in [1.82, 2.24) is 14.9 Å². The first-order valence-electron chi connectivity index (χ1n) is 6.66. The highest BCUT2D eigenvalue weighted by atomic mass is 79.9. The van der Waals surface area contributed by atoms with E-state index in [1.165, 1.54) is 6.33 Å². The predicted octanol–water partition coefficient (Wildman–Crippen LogP) is 2.43. The van der Waals surface area contributed by atoms with Crippen molar-refractivity contribution >= 4 is 38.6 Å². The minimum atomic E-state index is 0.129. The summed E-state index contributed by atoms with van der Waals surface area (Å²) < 4.78 is 0.923. The van der Waals surface area contributed by atoms with E-state index in [1.807, 2.05) is 23.1 Å². The Morgan fingerprint density at radius 2 is 2.10 bits per heavy atom. The van der Waals surface area contributed by atoms with Crippen molar-refractivity contribution in [3.05, 3.63) is 29.0 Å². The molecule has 1 saturated heterocycles. The average Bonchev–Trinajstić information content (AvgIpc) is 2.99. The van der Waals surface area contributed by atoms with Gasteiger partial charge in [-0.2, -0.15) is 0 Å². The van der Waals surface area contributed by atoms with Crippen molar-refractivity contribution in [3.63, 3.8) is 0 Å². The van der Waals surface area contributed by atoms with Crippen molar-refractivity contribution in [2.24, 2.45) is 0 Å². The Morgan fingerprint density at radius 3 is 2.90 bits per heavy atom. The molecule has 20 heavy (non-hydrogen) atoms. The van der Waals surface area contributed by atoms with Gasteiger partial charge < -0.3 is 10.2 Å². The summed E-state index contributed by atoms with van der Waals surface area (Å²) in [6, 6.07) is 5.82. The molecule has 3 rings (SSSR count). The zero-order valence-corrected chi connectivity index (χ0v) is 12.6. The fourth-order valence-electron chi connectivity index (χ4n) is 2.43. The minimum Gasteiger partial charge on any atom is -0.360 e. The first-order chi connectivity index (χ1) is 9.75. The lowest BCUT2D eigenvalue weighted by Gasteiger charge is -2.16. The molecule has 5 nitrogen and oxygen atoms in total. The van der Waals surface area contributed by atoms with Gasteiger partial charge in [0.25, 0.3) is 0 Å². The summed E-state index contributed by atoms with van der Waals surface area (Å²) in [6.07, 6.45) is 3.72. The predicted molar refractivity (Wildman–Crippen MR) is 81.5 cm³/mol. The Balaban J connectivity index is 1.77. The van der Waals surface area contributed by atoms with Crippen LogP contribution in [0.25, 0.3) is 10.9 Å². The van der Waals surface area contributed by atoms with Gasteiger partial charge in [0.1, 0.15) is 12.1 Å². The molecule has 1 aromatic carbocycles. The molecule has 0 unspecified atom stereocenters. The molecule has 0 spiro atoms.